The molecule has 0 spiro atoms. The van der Waals surface area contributed by atoms with Crippen LogP contribution in [0.25, 0.3) is 0 Å². The van der Waals surface area contributed by atoms with Crippen LogP contribution in [0, 0.1) is 10.1 Å². The largest absolute Gasteiger partial charge is 0.423 e. The summed E-state index contributed by atoms with van der Waals surface area (Å²) >= 11 is 0. The first-order valence-electron chi connectivity index (χ1n) is 3.53. The van der Waals surface area contributed by atoms with Gasteiger partial charge in [0.1, 0.15) is 5.56 Å². The van der Waals surface area contributed by atoms with E-state index in [-0.39, 0.29) is 6.29 Å². The van der Waals surface area contributed by atoms with Crippen molar-refractivity contribution in [1.82, 2.24) is 4.98 Å². The van der Waals surface area contributed by atoms with Crippen molar-refractivity contribution in [2.75, 3.05) is 0 Å². The highest BCUT2D eigenvalue weighted by atomic mass is 19.4. The van der Waals surface area contributed by atoms with Gasteiger partial charge in [-0.3, -0.25) is 14.9 Å². The molecule has 0 aliphatic heterocycles. The van der Waals surface area contributed by atoms with Gasteiger partial charge in [-0.15, -0.1) is 0 Å². The maximum Gasteiger partial charge on any atom is 0.423 e. The van der Waals surface area contributed by atoms with Gasteiger partial charge in [0.15, 0.2) is 12.0 Å². The van der Waals surface area contributed by atoms with Gasteiger partial charge in [0, 0.05) is 6.20 Å². The van der Waals surface area contributed by atoms with Crippen LogP contribution in [0.2, 0.25) is 0 Å². The van der Waals surface area contributed by atoms with Gasteiger partial charge < -0.3 is 0 Å². The number of hydrogen-bond donors (Lipinski definition) is 0. The molecule has 0 radical (unpaired) electrons. The Bertz CT molecular complexity index is 416. The third-order valence-corrected chi connectivity index (χ3v) is 1.55. The summed E-state index contributed by atoms with van der Waals surface area (Å²) in [5.74, 6) is 0. The predicted molar refractivity (Wildman–Crippen MR) is 41.3 cm³/mol. The van der Waals surface area contributed by atoms with Crippen molar-refractivity contribution in [2.45, 2.75) is 6.18 Å². The number of halogens is 3. The number of aromatic nitrogens is 1. The van der Waals surface area contributed by atoms with E-state index in [0.29, 0.717) is 12.3 Å². The van der Waals surface area contributed by atoms with Crippen LogP contribution in [0.3, 0.4) is 0 Å². The third-order valence-electron chi connectivity index (χ3n) is 1.55. The molecule has 1 aromatic rings. The summed E-state index contributed by atoms with van der Waals surface area (Å²) in [5, 5.41) is 10.4. The molecule has 0 saturated carbocycles. The number of rotatable bonds is 2. The fourth-order valence-corrected chi connectivity index (χ4v) is 0.977. The van der Waals surface area contributed by atoms with Gasteiger partial charge in [0.05, 0.1) is 4.92 Å². The molecule has 0 fully saturated rings. The standard InChI is InChI=1S/C7H3F3N2O3/c8-7(9,10)4-1-2-11-5(3-13)6(4)12(14)15/h1-3H. The lowest BCUT2D eigenvalue weighted by Crippen LogP contribution is -2.11. The van der Waals surface area contributed by atoms with Crippen molar-refractivity contribution in [3.05, 3.63) is 33.6 Å². The highest BCUT2D eigenvalue weighted by Gasteiger charge is 2.40. The van der Waals surface area contributed by atoms with Crippen LogP contribution in [0.5, 0.6) is 0 Å². The lowest BCUT2D eigenvalue weighted by Gasteiger charge is -2.07. The normalized spacial score (nSPS) is 11.1. The summed E-state index contributed by atoms with van der Waals surface area (Å²) in [7, 11) is 0. The highest BCUT2D eigenvalue weighted by molar-refractivity contribution is 5.79. The molecule has 15 heavy (non-hydrogen) atoms. The number of nitro groups is 1. The Balaban J connectivity index is 3.52. The molecular formula is C7H3F3N2O3. The quantitative estimate of drug-likeness (QED) is 0.433. The van der Waals surface area contributed by atoms with E-state index in [9.17, 15) is 28.1 Å². The second-order valence-corrected chi connectivity index (χ2v) is 2.47. The lowest BCUT2D eigenvalue weighted by atomic mass is 10.2. The zero-order valence-electron chi connectivity index (χ0n) is 6.99. The molecule has 0 atom stereocenters. The van der Waals surface area contributed by atoms with E-state index in [4.69, 9.17) is 0 Å². The number of aldehydes is 1. The molecule has 0 aliphatic rings. The molecule has 1 heterocycles. The number of carbonyl (C=O) groups is 1. The summed E-state index contributed by atoms with van der Waals surface area (Å²) in [4.78, 5) is 22.5. The minimum absolute atomic E-state index is 0.0899. The Kier molecular flexibility index (Phi) is 2.69. The van der Waals surface area contributed by atoms with E-state index in [0.717, 1.165) is 0 Å². The summed E-state index contributed by atoms with van der Waals surface area (Å²) in [5.41, 5.74) is -3.64. The second kappa shape index (κ2) is 3.64. The molecule has 80 valence electrons. The van der Waals surface area contributed by atoms with Crippen molar-refractivity contribution >= 4 is 12.0 Å². The van der Waals surface area contributed by atoms with E-state index < -0.39 is 28.0 Å². The zero-order valence-corrected chi connectivity index (χ0v) is 6.99. The first kappa shape index (κ1) is 11.1. The van der Waals surface area contributed by atoms with Gasteiger partial charge in [-0.1, -0.05) is 0 Å². The predicted octanol–water partition coefficient (Wildman–Crippen LogP) is 1.82. The van der Waals surface area contributed by atoms with E-state index in [2.05, 4.69) is 4.98 Å². The van der Waals surface area contributed by atoms with Gasteiger partial charge in [0.2, 0.25) is 0 Å². The molecule has 0 aliphatic carbocycles. The molecule has 0 bridgehead atoms. The van der Waals surface area contributed by atoms with Crippen molar-refractivity contribution in [3.8, 4) is 0 Å². The van der Waals surface area contributed by atoms with E-state index in [1.54, 1.807) is 0 Å². The lowest BCUT2D eigenvalue weighted by molar-refractivity contribution is -0.388. The molecule has 1 aromatic heterocycles. The first-order valence-corrected chi connectivity index (χ1v) is 3.53. The van der Waals surface area contributed by atoms with Gasteiger partial charge in [-0.05, 0) is 6.07 Å². The molecular weight excluding hydrogens is 217 g/mol. The number of carbonyl (C=O) groups excluding carboxylic acids is 1. The van der Waals surface area contributed by atoms with E-state index in [1.165, 1.54) is 0 Å². The summed E-state index contributed by atoms with van der Waals surface area (Å²) in [6, 6.07) is 0.450. The number of pyridine rings is 1. The Hall–Kier alpha value is -1.99. The molecule has 1 rings (SSSR count). The van der Waals surface area contributed by atoms with Crippen molar-refractivity contribution < 1.29 is 22.9 Å². The topological polar surface area (TPSA) is 73.1 Å². The Morgan fingerprint density at radius 2 is 2.07 bits per heavy atom. The fraction of sp³-hybridized carbons (Fsp3) is 0.143. The molecule has 5 nitrogen and oxygen atoms in total. The second-order valence-electron chi connectivity index (χ2n) is 2.47. The van der Waals surface area contributed by atoms with Crippen LogP contribution in [-0.2, 0) is 6.18 Å². The number of alkyl halides is 3. The molecule has 0 aromatic carbocycles. The van der Waals surface area contributed by atoms with Gasteiger partial charge in [-0.2, -0.15) is 13.2 Å². The monoisotopic (exact) mass is 220 g/mol. The van der Waals surface area contributed by atoms with Gasteiger partial charge in [-0.25, -0.2) is 4.98 Å². The summed E-state index contributed by atoms with van der Waals surface area (Å²) in [6.07, 6.45) is -4.28. The Morgan fingerprint density at radius 1 is 1.47 bits per heavy atom. The van der Waals surface area contributed by atoms with Gasteiger partial charge >= 0.3 is 11.9 Å². The number of hydrogen-bond acceptors (Lipinski definition) is 4. The molecule has 0 unspecified atom stereocenters. The first-order chi connectivity index (χ1) is 6.88. The van der Waals surface area contributed by atoms with Crippen LogP contribution >= 0.6 is 0 Å². The van der Waals surface area contributed by atoms with Crippen LogP contribution in [-0.4, -0.2) is 16.2 Å². The van der Waals surface area contributed by atoms with Crippen LogP contribution in [0.1, 0.15) is 16.1 Å². The van der Waals surface area contributed by atoms with Gasteiger partial charge in [0.25, 0.3) is 0 Å². The molecule has 0 saturated heterocycles. The van der Waals surface area contributed by atoms with E-state index >= 15 is 0 Å². The minimum atomic E-state index is -4.89. The molecule has 0 amide bonds. The van der Waals surface area contributed by atoms with Crippen LogP contribution in [0.15, 0.2) is 12.3 Å². The average molecular weight is 220 g/mol. The van der Waals surface area contributed by atoms with Crippen molar-refractivity contribution in [3.63, 3.8) is 0 Å². The number of nitrogens with zero attached hydrogens (tertiary/aromatic N) is 2. The maximum atomic E-state index is 12.3. The molecule has 8 heteroatoms. The SMILES string of the molecule is O=Cc1nccc(C(F)(F)F)c1[N+](=O)[O-]. The minimum Gasteiger partial charge on any atom is -0.296 e. The Morgan fingerprint density at radius 3 is 2.47 bits per heavy atom. The average Bonchev–Trinajstić information content (AvgIpc) is 2.15. The van der Waals surface area contributed by atoms with Crippen molar-refractivity contribution in [2.24, 2.45) is 0 Å². The van der Waals surface area contributed by atoms with Crippen LogP contribution in [0.4, 0.5) is 18.9 Å². The summed E-state index contributed by atoms with van der Waals surface area (Å²) < 4.78 is 36.8. The smallest absolute Gasteiger partial charge is 0.296 e. The maximum absolute atomic E-state index is 12.3. The van der Waals surface area contributed by atoms with Crippen molar-refractivity contribution in [1.29, 1.82) is 0 Å². The third kappa shape index (κ3) is 2.09. The Labute approximate surface area is 80.7 Å². The highest BCUT2D eigenvalue weighted by Crippen LogP contribution is 2.36. The van der Waals surface area contributed by atoms with Crippen LogP contribution < -0.4 is 0 Å². The van der Waals surface area contributed by atoms with E-state index in [1.807, 2.05) is 0 Å². The summed E-state index contributed by atoms with van der Waals surface area (Å²) in [6.45, 7) is 0. The fourth-order valence-electron chi connectivity index (χ4n) is 0.977. The molecule has 0 N–H and O–H groups in total. The zero-order chi connectivity index (χ0) is 11.6.